The van der Waals surface area contributed by atoms with Crippen LogP contribution in [0.2, 0.25) is 0 Å². The van der Waals surface area contributed by atoms with E-state index in [1.54, 1.807) is 0 Å². The molecule has 1 N–H and O–H groups in total. The molecule has 1 aromatic rings. The number of ether oxygens (including phenoxy) is 1. The maximum Gasteiger partial charge on any atom is 0.122 e. The van der Waals surface area contributed by atoms with E-state index in [2.05, 4.69) is 30.0 Å². The van der Waals surface area contributed by atoms with Crippen molar-refractivity contribution < 1.29 is 9.84 Å². The van der Waals surface area contributed by atoms with E-state index >= 15 is 0 Å². The lowest BCUT2D eigenvalue weighted by Gasteiger charge is -2.38. The molecule has 1 fully saturated rings. The lowest BCUT2D eigenvalue weighted by molar-refractivity contribution is 0.0215. The van der Waals surface area contributed by atoms with Gasteiger partial charge in [0.2, 0.25) is 0 Å². The lowest BCUT2D eigenvalue weighted by Crippen LogP contribution is -2.44. The smallest absolute Gasteiger partial charge is 0.122 e. The highest BCUT2D eigenvalue weighted by Gasteiger charge is 2.29. The van der Waals surface area contributed by atoms with Crippen molar-refractivity contribution in [3.05, 3.63) is 29.8 Å². The zero-order valence-electron chi connectivity index (χ0n) is 12.3. The van der Waals surface area contributed by atoms with Gasteiger partial charge in [-0.25, -0.2) is 0 Å². The lowest BCUT2D eigenvalue weighted by atomic mass is 9.89. The summed E-state index contributed by atoms with van der Waals surface area (Å²) in [7, 11) is 0. The fraction of sp³-hybridized carbons (Fsp3) is 0.647. The highest BCUT2D eigenvalue weighted by atomic mass is 16.5. The minimum Gasteiger partial charge on any atom is -0.493 e. The van der Waals surface area contributed by atoms with Crippen LogP contribution in [0.15, 0.2) is 24.3 Å². The molecular weight excluding hydrogens is 250 g/mol. The maximum absolute atomic E-state index is 10.0. The average molecular weight is 275 g/mol. The third-order valence-corrected chi connectivity index (χ3v) is 4.86. The molecular formula is C17H25NO2. The van der Waals surface area contributed by atoms with Crippen LogP contribution in [0.3, 0.4) is 0 Å². The van der Waals surface area contributed by atoms with E-state index in [1.807, 2.05) is 6.07 Å². The second-order valence-electron chi connectivity index (χ2n) is 6.16. The van der Waals surface area contributed by atoms with Gasteiger partial charge in [0, 0.05) is 25.6 Å². The van der Waals surface area contributed by atoms with Gasteiger partial charge in [-0.2, -0.15) is 0 Å². The second kappa shape index (κ2) is 6.15. The predicted molar refractivity (Wildman–Crippen MR) is 80.1 cm³/mol. The maximum atomic E-state index is 10.0. The Balaban J connectivity index is 1.67. The second-order valence-corrected chi connectivity index (χ2v) is 6.16. The van der Waals surface area contributed by atoms with Crippen LogP contribution in [0.25, 0.3) is 0 Å². The number of benzene rings is 1. The molecule has 0 spiro atoms. The molecule has 3 heteroatoms. The first-order chi connectivity index (χ1) is 9.78. The summed E-state index contributed by atoms with van der Waals surface area (Å²) < 4.78 is 5.74. The SMILES string of the molecule is CCC1CN(CC2CCOc3ccccc32)CCC1O. The molecule has 20 heavy (non-hydrogen) atoms. The molecule has 2 aliphatic rings. The molecule has 1 aromatic carbocycles. The number of rotatable bonds is 3. The van der Waals surface area contributed by atoms with Gasteiger partial charge >= 0.3 is 0 Å². The number of nitrogens with zero attached hydrogens (tertiary/aromatic N) is 1. The van der Waals surface area contributed by atoms with Crippen molar-refractivity contribution >= 4 is 0 Å². The Bertz CT molecular complexity index is 448. The molecule has 1 saturated heterocycles. The van der Waals surface area contributed by atoms with Crippen molar-refractivity contribution in [3.63, 3.8) is 0 Å². The monoisotopic (exact) mass is 275 g/mol. The Kier molecular flexibility index (Phi) is 4.27. The molecule has 0 bridgehead atoms. The number of fused-ring (bicyclic) bond motifs is 1. The van der Waals surface area contributed by atoms with Gasteiger partial charge in [-0.05, 0) is 36.8 Å². The van der Waals surface area contributed by atoms with Gasteiger partial charge in [-0.15, -0.1) is 0 Å². The Morgan fingerprint density at radius 1 is 1.30 bits per heavy atom. The molecule has 110 valence electrons. The van der Waals surface area contributed by atoms with E-state index in [4.69, 9.17) is 4.74 Å². The standard InChI is InChI=1S/C17H25NO2/c1-2-13-11-18(9-7-16(13)19)12-14-8-10-20-17-6-4-3-5-15(14)17/h3-6,13-14,16,19H,2,7-12H2,1H3. The van der Waals surface area contributed by atoms with Crippen LogP contribution in [0.5, 0.6) is 5.75 Å². The fourth-order valence-corrected chi connectivity index (χ4v) is 3.58. The summed E-state index contributed by atoms with van der Waals surface area (Å²) in [5.41, 5.74) is 1.36. The molecule has 0 saturated carbocycles. The summed E-state index contributed by atoms with van der Waals surface area (Å²) >= 11 is 0. The minimum absolute atomic E-state index is 0.0989. The van der Waals surface area contributed by atoms with Gasteiger partial charge < -0.3 is 14.7 Å². The van der Waals surface area contributed by atoms with Crippen LogP contribution >= 0.6 is 0 Å². The summed E-state index contributed by atoms with van der Waals surface area (Å²) in [5, 5.41) is 10.0. The van der Waals surface area contributed by atoms with Crippen molar-refractivity contribution in [3.8, 4) is 5.75 Å². The predicted octanol–water partition coefficient (Wildman–Crippen LogP) is 2.65. The van der Waals surface area contributed by atoms with E-state index in [0.29, 0.717) is 11.8 Å². The molecule has 2 aliphatic heterocycles. The summed E-state index contributed by atoms with van der Waals surface area (Å²) in [6.07, 6.45) is 3.00. The van der Waals surface area contributed by atoms with Crippen molar-refractivity contribution in [2.45, 2.75) is 38.2 Å². The van der Waals surface area contributed by atoms with Gasteiger partial charge in [-0.1, -0.05) is 25.1 Å². The first kappa shape index (κ1) is 13.9. The largest absolute Gasteiger partial charge is 0.493 e. The van der Waals surface area contributed by atoms with Crippen molar-refractivity contribution in [1.82, 2.24) is 4.90 Å². The van der Waals surface area contributed by atoms with Crippen LogP contribution in [0.1, 0.15) is 37.7 Å². The Morgan fingerprint density at radius 2 is 2.15 bits per heavy atom. The van der Waals surface area contributed by atoms with E-state index in [9.17, 15) is 5.11 Å². The first-order valence-electron chi connectivity index (χ1n) is 7.90. The van der Waals surface area contributed by atoms with Crippen LogP contribution in [0, 0.1) is 5.92 Å². The van der Waals surface area contributed by atoms with Gasteiger partial charge in [0.15, 0.2) is 0 Å². The zero-order valence-corrected chi connectivity index (χ0v) is 12.3. The van der Waals surface area contributed by atoms with Crippen LogP contribution in [0.4, 0.5) is 0 Å². The number of para-hydroxylation sites is 1. The number of aliphatic hydroxyl groups excluding tert-OH is 1. The van der Waals surface area contributed by atoms with Gasteiger partial charge in [-0.3, -0.25) is 0 Å². The third-order valence-electron chi connectivity index (χ3n) is 4.86. The molecule has 0 amide bonds. The molecule has 0 radical (unpaired) electrons. The molecule has 0 aliphatic carbocycles. The summed E-state index contributed by atoms with van der Waals surface area (Å²) in [4.78, 5) is 2.54. The van der Waals surface area contributed by atoms with Crippen LogP contribution < -0.4 is 4.74 Å². The average Bonchev–Trinajstić information content (AvgIpc) is 2.49. The summed E-state index contributed by atoms with van der Waals surface area (Å²) in [5.74, 6) is 2.08. The number of aliphatic hydroxyl groups is 1. The minimum atomic E-state index is -0.0989. The number of likely N-dealkylation sites (tertiary alicyclic amines) is 1. The van der Waals surface area contributed by atoms with Gasteiger partial charge in [0.05, 0.1) is 12.7 Å². The van der Waals surface area contributed by atoms with Gasteiger partial charge in [0.1, 0.15) is 5.75 Å². The first-order valence-corrected chi connectivity index (χ1v) is 7.90. The van der Waals surface area contributed by atoms with Crippen molar-refractivity contribution in [2.24, 2.45) is 5.92 Å². The molecule has 3 unspecified atom stereocenters. The Morgan fingerprint density at radius 3 is 3.00 bits per heavy atom. The highest BCUT2D eigenvalue weighted by Crippen LogP contribution is 2.34. The van der Waals surface area contributed by atoms with Crippen LogP contribution in [-0.2, 0) is 0 Å². The van der Waals surface area contributed by atoms with E-state index < -0.39 is 0 Å². The number of hydrogen-bond acceptors (Lipinski definition) is 3. The number of hydrogen-bond donors (Lipinski definition) is 1. The molecule has 2 heterocycles. The van der Waals surface area contributed by atoms with Crippen molar-refractivity contribution in [2.75, 3.05) is 26.2 Å². The van der Waals surface area contributed by atoms with E-state index in [0.717, 1.165) is 51.3 Å². The summed E-state index contributed by atoms with van der Waals surface area (Å²) in [6, 6.07) is 8.44. The molecule has 3 atom stereocenters. The molecule has 3 rings (SSSR count). The zero-order chi connectivity index (χ0) is 13.9. The highest BCUT2D eigenvalue weighted by molar-refractivity contribution is 5.37. The van der Waals surface area contributed by atoms with Gasteiger partial charge in [0.25, 0.3) is 0 Å². The Labute approximate surface area is 121 Å². The summed E-state index contributed by atoms with van der Waals surface area (Å²) in [6.45, 7) is 6.18. The quantitative estimate of drug-likeness (QED) is 0.920. The van der Waals surface area contributed by atoms with E-state index in [1.165, 1.54) is 5.56 Å². The normalized spacial score (nSPS) is 30.6. The fourth-order valence-electron chi connectivity index (χ4n) is 3.58. The molecule has 0 aromatic heterocycles. The Hall–Kier alpha value is -1.06. The van der Waals surface area contributed by atoms with E-state index in [-0.39, 0.29) is 6.10 Å². The van der Waals surface area contributed by atoms with Crippen LogP contribution in [-0.4, -0.2) is 42.4 Å². The third kappa shape index (κ3) is 2.84. The number of piperidine rings is 1. The molecule has 3 nitrogen and oxygen atoms in total. The topological polar surface area (TPSA) is 32.7 Å². The van der Waals surface area contributed by atoms with Crippen molar-refractivity contribution in [1.29, 1.82) is 0 Å².